The van der Waals surface area contributed by atoms with Crippen molar-refractivity contribution in [1.29, 1.82) is 5.26 Å². The van der Waals surface area contributed by atoms with E-state index in [2.05, 4.69) is 20.9 Å². The summed E-state index contributed by atoms with van der Waals surface area (Å²) in [7, 11) is 1.53. The maximum atomic E-state index is 11.5. The Labute approximate surface area is 99.6 Å². The number of pyridine rings is 1. The van der Waals surface area contributed by atoms with Crippen LogP contribution in [0.5, 0.6) is 5.75 Å². The molecular weight excluding hydrogens is 272 g/mol. The molecule has 0 saturated carbocycles. The number of nitrogens with zero attached hydrogens (tertiary/aromatic N) is 1. The first kappa shape index (κ1) is 10.7. The van der Waals surface area contributed by atoms with Gasteiger partial charge in [-0.3, -0.25) is 4.79 Å². The summed E-state index contributed by atoms with van der Waals surface area (Å²) in [4.78, 5) is 14.1. The van der Waals surface area contributed by atoms with Gasteiger partial charge in [-0.25, -0.2) is 0 Å². The number of nitrogens with one attached hydrogen (secondary N) is 1. The van der Waals surface area contributed by atoms with Crippen LogP contribution in [-0.4, -0.2) is 12.1 Å². The highest BCUT2D eigenvalue weighted by Crippen LogP contribution is 2.27. The molecule has 1 heterocycles. The number of H-pyrrole nitrogens is 1. The Hall–Kier alpha value is -1.80. The average Bonchev–Trinajstić information content (AvgIpc) is 2.28. The van der Waals surface area contributed by atoms with Crippen LogP contribution in [0.4, 0.5) is 0 Å². The molecule has 0 saturated heterocycles. The summed E-state index contributed by atoms with van der Waals surface area (Å²) in [5.74, 6) is 0.561. The Kier molecular flexibility index (Phi) is 2.67. The number of benzene rings is 1. The van der Waals surface area contributed by atoms with E-state index in [0.717, 1.165) is 9.86 Å². The van der Waals surface area contributed by atoms with Crippen molar-refractivity contribution in [3.63, 3.8) is 0 Å². The second kappa shape index (κ2) is 3.99. The molecule has 0 atom stereocenters. The van der Waals surface area contributed by atoms with Crippen LogP contribution in [0.15, 0.2) is 27.5 Å². The lowest BCUT2D eigenvalue weighted by molar-refractivity contribution is 0.418. The molecule has 80 valence electrons. The zero-order chi connectivity index (χ0) is 11.7. The zero-order valence-electron chi connectivity index (χ0n) is 8.37. The highest BCUT2D eigenvalue weighted by Gasteiger charge is 2.07. The summed E-state index contributed by atoms with van der Waals surface area (Å²) in [6, 6.07) is 6.96. The number of aromatic nitrogens is 1. The fourth-order valence-corrected chi connectivity index (χ4v) is 1.95. The molecule has 0 amide bonds. The van der Waals surface area contributed by atoms with Gasteiger partial charge in [-0.2, -0.15) is 5.26 Å². The van der Waals surface area contributed by atoms with Gasteiger partial charge in [0.1, 0.15) is 17.4 Å². The molecule has 1 aromatic carbocycles. The summed E-state index contributed by atoms with van der Waals surface area (Å²) in [6.07, 6.45) is 0. The summed E-state index contributed by atoms with van der Waals surface area (Å²) < 4.78 is 5.98. The van der Waals surface area contributed by atoms with Crippen molar-refractivity contribution in [2.24, 2.45) is 0 Å². The second-order valence-electron chi connectivity index (χ2n) is 3.20. The third kappa shape index (κ3) is 1.68. The molecule has 0 radical (unpaired) electrons. The number of rotatable bonds is 1. The fraction of sp³-hybridized carbons (Fsp3) is 0.0909. The Morgan fingerprint density at radius 3 is 2.81 bits per heavy atom. The van der Waals surface area contributed by atoms with Crippen molar-refractivity contribution < 1.29 is 4.74 Å². The second-order valence-corrected chi connectivity index (χ2v) is 4.11. The molecule has 1 N–H and O–H groups in total. The van der Waals surface area contributed by atoms with Gasteiger partial charge in [0.15, 0.2) is 0 Å². The van der Waals surface area contributed by atoms with Crippen molar-refractivity contribution in [3.8, 4) is 11.8 Å². The van der Waals surface area contributed by atoms with Gasteiger partial charge in [0, 0.05) is 9.86 Å². The molecule has 0 bridgehead atoms. The van der Waals surface area contributed by atoms with Gasteiger partial charge < -0.3 is 9.72 Å². The zero-order valence-corrected chi connectivity index (χ0v) is 9.96. The molecule has 2 rings (SSSR count). The number of ether oxygens (including phenoxy) is 1. The SMILES string of the molecule is COc1cc(Br)cc2cc(C#N)c(=O)[nH]c12. The first-order valence-corrected chi connectivity index (χ1v) is 5.25. The first-order chi connectivity index (χ1) is 7.65. The van der Waals surface area contributed by atoms with E-state index in [1.165, 1.54) is 7.11 Å². The predicted molar refractivity (Wildman–Crippen MR) is 63.5 cm³/mol. The molecule has 16 heavy (non-hydrogen) atoms. The molecule has 1 aromatic heterocycles. The number of nitriles is 1. The topological polar surface area (TPSA) is 65.9 Å². The number of hydrogen-bond donors (Lipinski definition) is 1. The van der Waals surface area contributed by atoms with Crippen molar-refractivity contribution in [1.82, 2.24) is 4.98 Å². The molecule has 5 heteroatoms. The van der Waals surface area contributed by atoms with E-state index in [9.17, 15) is 4.79 Å². The van der Waals surface area contributed by atoms with Crippen LogP contribution >= 0.6 is 15.9 Å². The van der Waals surface area contributed by atoms with E-state index in [1.807, 2.05) is 12.1 Å². The monoisotopic (exact) mass is 278 g/mol. The average molecular weight is 279 g/mol. The van der Waals surface area contributed by atoms with Crippen LogP contribution in [0.25, 0.3) is 10.9 Å². The van der Waals surface area contributed by atoms with E-state index < -0.39 is 5.56 Å². The number of aromatic amines is 1. The lowest BCUT2D eigenvalue weighted by Gasteiger charge is -2.06. The molecule has 0 spiro atoms. The van der Waals surface area contributed by atoms with Crippen molar-refractivity contribution >= 4 is 26.8 Å². The number of halogens is 1. The van der Waals surface area contributed by atoms with Gasteiger partial charge in [0.05, 0.1) is 12.6 Å². The Bertz CT molecular complexity index is 655. The third-order valence-corrected chi connectivity index (χ3v) is 2.68. The van der Waals surface area contributed by atoms with Gasteiger partial charge in [-0.15, -0.1) is 0 Å². The summed E-state index contributed by atoms with van der Waals surface area (Å²) >= 11 is 3.33. The largest absolute Gasteiger partial charge is 0.495 e. The Balaban J connectivity index is 2.91. The number of fused-ring (bicyclic) bond motifs is 1. The van der Waals surface area contributed by atoms with E-state index in [0.29, 0.717) is 11.3 Å². The summed E-state index contributed by atoms with van der Waals surface area (Å²) in [6.45, 7) is 0. The van der Waals surface area contributed by atoms with Crippen molar-refractivity contribution in [2.45, 2.75) is 0 Å². The summed E-state index contributed by atoms with van der Waals surface area (Å²) in [5, 5.41) is 9.51. The smallest absolute Gasteiger partial charge is 0.266 e. The van der Waals surface area contributed by atoms with Gasteiger partial charge in [0.25, 0.3) is 5.56 Å². The van der Waals surface area contributed by atoms with Gasteiger partial charge in [-0.1, -0.05) is 15.9 Å². The standard InChI is InChI=1S/C11H7BrN2O2/c1-16-9-4-8(12)3-6-2-7(5-13)11(15)14-10(6)9/h2-4H,1H3,(H,14,15). The van der Waals surface area contributed by atoms with Crippen molar-refractivity contribution in [3.05, 3.63) is 38.6 Å². The highest BCUT2D eigenvalue weighted by atomic mass is 79.9. The van der Waals surface area contributed by atoms with Crippen LogP contribution in [0.1, 0.15) is 5.56 Å². The normalized spacial score (nSPS) is 10.1. The fourth-order valence-electron chi connectivity index (χ4n) is 1.50. The molecule has 2 aromatic rings. The minimum absolute atomic E-state index is 0.0904. The number of hydrogen-bond acceptors (Lipinski definition) is 3. The third-order valence-electron chi connectivity index (χ3n) is 2.22. The highest BCUT2D eigenvalue weighted by molar-refractivity contribution is 9.10. The van der Waals surface area contributed by atoms with E-state index in [1.54, 1.807) is 12.1 Å². The maximum absolute atomic E-state index is 11.5. The van der Waals surface area contributed by atoms with Gasteiger partial charge in [0.2, 0.25) is 0 Å². The quantitative estimate of drug-likeness (QED) is 0.870. The van der Waals surface area contributed by atoms with E-state index >= 15 is 0 Å². The van der Waals surface area contributed by atoms with Crippen molar-refractivity contribution in [2.75, 3.05) is 7.11 Å². The first-order valence-electron chi connectivity index (χ1n) is 4.46. The molecule has 0 aliphatic carbocycles. The molecule has 0 unspecified atom stereocenters. The van der Waals surface area contributed by atoms with Crippen LogP contribution in [0.3, 0.4) is 0 Å². The van der Waals surface area contributed by atoms with Crippen LogP contribution in [0.2, 0.25) is 0 Å². The van der Waals surface area contributed by atoms with Crippen LogP contribution < -0.4 is 10.3 Å². The predicted octanol–water partition coefficient (Wildman–Crippen LogP) is 2.17. The van der Waals surface area contributed by atoms with E-state index in [-0.39, 0.29) is 5.56 Å². The Morgan fingerprint density at radius 2 is 2.19 bits per heavy atom. The molecule has 0 fully saturated rings. The minimum atomic E-state index is -0.407. The molecule has 4 nitrogen and oxygen atoms in total. The van der Waals surface area contributed by atoms with Crippen LogP contribution in [-0.2, 0) is 0 Å². The minimum Gasteiger partial charge on any atom is -0.495 e. The van der Waals surface area contributed by atoms with Gasteiger partial charge in [-0.05, 0) is 18.2 Å². The molecule has 0 aliphatic rings. The lowest BCUT2D eigenvalue weighted by Crippen LogP contribution is -2.09. The molecule has 0 aliphatic heterocycles. The summed E-state index contributed by atoms with van der Waals surface area (Å²) in [5.41, 5.74) is 0.276. The maximum Gasteiger partial charge on any atom is 0.266 e. The van der Waals surface area contributed by atoms with Crippen LogP contribution in [0, 0.1) is 11.3 Å². The van der Waals surface area contributed by atoms with E-state index in [4.69, 9.17) is 10.00 Å². The molecular formula is C11H7BrN2O2. The lowest BCUT2D eigenvalue weighted by atomic mass is 10.1. The van der Waals surface area contributed by atoms with Gasteiger partial charge >= 0.3 is 0 Å². The number of methoxy groups -OCH3 is 1. The Morgan fingerprint density at radius 1 is 1.44 bits per heavy atom.